The smallest absolute Gasteiger partial charge is 0.251 e. The van der Waals surface area contributed by atoms with Gasteiger partial charge in [0.15, 0.2) is 0 Å². The van der Waals surface area contributed by atoms with Crippen molar-refractivity contribution in [1.82, 2.24) is 10.2 Å². The lowest BCUT2D eigenvalue weighted by Gasteiger charge is -2.23. The first-order chi connectivity index (χ1) is 11.1. The molecular weight excluding hydrogens is 288 g/mol. The van der Waals surface area contributed by atoms with Gasteiger partial charge in [-0.15, -0.1) is 0 Å². The summed E-state index contributed by atoms with van der Waals surface area (Å²) in [6.07, 6.45) is 3.56. The highest BCUT2D eigenvalue weighted by atomic mass is 16.1. The fourth-order valence-corrected chi connectivity index (χ4v) is 3.20. The molecule has 1 fully saturated rings. The number of nitrogens with one attached hydrogen (secondary N) is 1. The molecule has 1 N–H and O–H groups in total. The van der Waals surface area contributed by atoms with Crippen LogP contribution in [0.5, 0.6) is 0 Å². The van der Waals surface area contributed by atoms with Crippen molar-refractivity contribution >= 4 is 17.3 Å². The summed E-state index contributed by atoms with van der Waals surface area (Å²) in [5.41, 5.74) is 2.91. The monoisotopic (exact) mass is 314 g/mol. The van der Waals surface area contributed by atoms with Crippen LogP contribution in [-0.2, 0) is 0 Å². The Morgan fingerprint density at radius 2 is 1.91 bits per heavy atom. The third-order valence-corrected chi connectivity index (χ3v) is 4.73. The summed E-state index contributed by atoms with van der Waals surface area (Å²) in [5.74, 6) is 0.00343. The number of hydrazone groups is 1. The van der Waals surface area contributed by atoms with Gasteiger partial charge in [0.1, 0.15) is 0 Å². The maximum atomic E-state index is 12.3. The summed E-state index contributed by atoms with van der Waals surface area (Å²) in [5, 5.41) is 9.52. The van der Waals surface area contributed by atoms with E-state index in [0.717, 1.165) is 37.5 Å². The quantitative estimate of drug-likeness (QED) is 0.908. The number of likely N-dealkylation sites (tertiary alicyclic amines) is 1. The van der Waals surface area contributed by atoms with Crippen LogP contribution in [0.25, 0.3) is 0 Å². The molecule has 1 atom stereocenters. The molecule has 0 bridgehead atoms. The van der Waals surface area contributed by atoms with E-state index in [4.69, 9.17) is 0 Å². The van der Waals surface area contributed by atoms with E-state index in [-0.39, 0.29) is 5.91 Å². The Kier molecular flexibility index (Phi) is 4.96. The second-order valence-corrected chi connectivity index (χ2v) is 6.56. The van der Waals surface area contributed by atoms with Gasteiger partial charge in [-0.1, -0.05) is 0 Å². The highest BCUT2D eigenvalue weighted by Crippen LogP contribution is 2.20. The van der Waals surface area contributed by atoms with Crippen molar-refractivity contribution in [3.8, 4) is 0 Å². The van der Waals surface area contributed by atoms with Crippen LogP contribution in [0.4, 0.5) is 5.69 Å². The molecule has 0 spiro atoms. The molecule has 3 rings (SSSR count). The number of nitrogens with zero attached hydrogens (tertiary/aromatic N) is 3. The first-order valence-corrected chi connectivity index (χ1v) is 8.57. The molecule has 23 heavy (non-hydrogen) atoms. The summed E-state index contributed by atoms with van der Waals surface area (Å²) < 4.78 is 0. The molecule has 0 saturated carbocycles. The minimum atomic E-state index is 0.00343. The molecule has 5 heteroatoms. The Bertz CT molecular complexity index is 575. The van der Waals surface area contributed by atoms with E-state index in [2.05, 4.69) is 22.2 Å². The number of hydrogen-bond acceptors (Lipinski definition) is 4. The number of carbonyl (C=O) groups excluding carboxylic acids is 1. The first-order valence-electron chi connectivity index (χ1n) is 8.57. The van der Waals surface area contributed by atoms with Crippen LogP contribution < -0.4 is 10.3 Å². The topological polar surface area (TPSA) is 47.9 Å². The normalized spacial score (nSPS) is 19.7. The molecule has 0 unspecified atom stereocenters. The number of hydrogen-bond donors (Lipinski definition) is 1. The number of anilines is 1. The lowest BCUT2D eigenvalue weighted by atomic mass is 10.2. The van der Waals surface area contributed by atoms with Gasteiger partial charge < -0.3 is 5.32 Å². The van der Waals surface area contributed by atoms with E-state index in [1.165, 1.54) is 12.8 Å². The summed E-state index contributed by atoms with van der Waals surface area (Å²) >= 11 is 0. The highest BCUT2D eigenvalue weighted by molar-refractivity contribution is 5.94. The van der Waals surface area contributed by atoms with E-state index in [1.807, 2.05) is 36.2 Å². The van der Waals surface area contributed by atoms with Gasteiger partial charge in [-0.3, -0.25) is 14.7 Å². The first kappa shape index (κ1) is 16.0. The number of benzene rings is 1. The molecule has 1 aromatic carbocycles. The zero-order valence-electron chi connectivity index (χ0n) is 14.1. The van der Waals surface area contributed by atoms with Gasteiger partial charge in [-0.25, -0.2) is 0 Å². The van der Waals surface area contributed by atoms with Crippen LogP contribution in [-0.4, -0.2) is 48.7 Å². The third-order valence-electron chi connectivity index (χ3n) is 4.73. The standard InChI is InChI=1S/C18H26N4O/c1-14-9-12-22(20-14)17-7-5-16(6-8-17)18(23)19-13-15(2)21-10-3-4-11-21/h5-8,15H,3-4,9-13H2,1-2H3,(H,19,23)/t15-/m0/s1. The van der Waals surface area contributed by atoms with E-state index in [1.54, 1.807) is 0 Å². The molecule has 1 amide bonds. The Hall–Kier alpha value is -1.88. The van der Waals surface area contributed by atoms with Crippen LogP contribution >= 0.6 is 0 Å². The SMILES string of the molecule is CC1=NN(c2ccc(C(=O)NC[C@H](C)N3CCCC3)cc2)CC1. The number of amides is 1. The van der Waals surface area contributed by atoms with Crippen molar-refractivity contribution in [2.75, 3.05) is 31.2 Å². The maximum Gasteiger partial charge on any atom is 0.251 e. The van der Waals surface area contributed by atoms with Crippen LogP contribution in [0.2, 0.25) is 0 Å². The summed E-state index contributed by atoms with van der Waals surface area (Å²) in [6, 6.07) is 8.12. The molecular formula is C18H26N4O. The van der Waals surface area contributed by atoms with Gasteiger partial charge in [0.2, 0.25) is 0 Å². The van der Waals surface area contributed by atoms with Gasteiger partial charge in [-0.05, 0) is 64.0 Å². The van der Waals surface area contributed by atoms with Crippen molar-refractivity contribution in [1.29, 1.82) is 0 Å². The zero-order chi connectivity index (χ0) is 16.2. The van der Waals surface area contributed by atoms with E-state index in [0.29, 0.717) is 18.2 Å². The van der Waals surface area contributed by atoms with Gasteiger partial charge in [-0.2, -0.15) is 5.10 Å². The van der Waals surface area contributed by atoms with Crippen LogP contribution in [0, 0.1) is 0 Å². The molecule has 0 aliphatic carbocycles. The van der Waals surface area contributed by atoms with Crippen molar-refractivity contribution in [3.05, 3.63) is 29.8 Å². The lowest BCUT2D eigenvalue weighted by Crippen LogP contribution is -2.40. The predicted molar refractivity (Wildman–Crippen MR) is 94.1 cm³/mol. The molecule has 5 nitrogen and oxygen atoms in total. The summed E-state index contributed by atoms with van der Waals surface area (Å²) in [4.78, 5) is 14.7. The van der Waals surface area contributed by atoms with Crippen LogP contribution in [0.15, 0.2) is 29.4 Å². The number of rotatable bonds is 5. The maximum absolute atomic E-state index is 12.3. The third kappa shape index (κ3) is 3.91. The lowest BCUT2D eigenvalue weighted by molar-refractivity contribution is 0.0940. The van der Waals surface area contributed by atoms with Gasteiger partial charge in [0, 0.05) is 36.8 Å². The second kappa shape index (κ2) is 7.13. The van der Waals surface area contributed by atoms with E-state index < -0.39 is 0 Å². The number of carbonyl (C=O) groups is 1. The van der Waals surface area contributed by atoms with E-state index >= 15 is 0 Å². The Morgan fingerprint density at radius 1 is 1.22 bits per heavy atom. The molecule has 124 valence electrons. The van der Waals surface area contributed by atoms with Crippen LogP contribution in [0.3, 0.4) is 0 Å². The fourth-order valence-electron chi connectivity index (χ4n) is 3.20. The molecule has 0 aromatic heterocycles. The molecule has 2 aliphatic heterocycles. The molecule has 2 aliphatic rings. The van der Waals surface area contributed by atoms with Gasteiger partial charge in [0.05, 0.1) is 5.69 Å². The van der Waals surface area contributed by atoms with Crippen molar-refractivity contribution in [3.63, 3.8) is 0 Å². The van der Waals surface area contributed by atoms with Crippen LogP contribution in [0.1, 0.15) is 43.5 Å². The fraction of sp³-hybridized carbons (Fsp3) is 0.556. The molecule has 1 aromatic rings. The predicted octanol–water partition coefficient (Wildman–Crippen LogP) is 2.49. The molecule has 0 radical (unpaired) electrons. The second-order valence-electron chi connectivity index (χ2n) is 6.56. The molecule has 1 saturated heterocycles. The average Bonchev–Trinajstić information content (AvgIpc) is 3.24. The van der Waals surface area contributed by atoms with Gasteiger partial charge >= 0.3 is 0 Å². The minimum absolute atomic E-state index is 0.00343. The zero-order valence-corrected chi connectivity index (χ0v) is 14.1. The van der Waals surface area contributed by atoms with Crippen molar-refractivity contribution in [2.24, 2.45) is 5.10 Å². The van der Waals surface area contributed by atoms with Crippen molar-refractivity contribution < 1.29 is 4.79 Å². The Labute approximate surface area is 138 Å². The Morgan fingerprint density at radius 3 is 2.52 bits per heavy atom. The largest absolute Gasteiger partial charge is 0.350 e. The highest BCUT2D eigenvalue weighted by Gasteiger charge is 2.19. The summed E-state index contributed by atoms with van der Waals surface area (Å²) in [6.45, 7) is 8.16. The van der Waals surface area contributed by atoms with E-state index in [9.17, 15) is 4.79 Å². The van der Waals surface area contributed by atoms with Crippen molar-refractivity contribution in [2.45, 2.75) is 39.2 Å². The minimum Gasteiger partial charge on any atom is -0.350 e. The average molecular weight is 314 g/mol. The summed E-state index contributed by atoms with van der Waals surface area (Å²) in [7, 11) is 0. The Balaban J connectivity index is 1.53. The van der Waals surface area contributed by atoms with Gasteiger partial charge in [0.25, 0.3) is 5.91 Å². The molecule has 2 heterocycles.